The second-order valence-corrected chi connectivity index (χ2v) is 6.11. The van der Waals surface area contributed by atoms with Crippen molar-refractivity contribution in [3.8, 4) is 0 Å². The zero-order valence-electron chi connectivity index (χ0n) is 14.1. The van der Waals surface area contributed by atoms with Crippen LogP contribution in [0.4, 0.5) is 0 Å². The first kappa shape index (κ1) is 21.8. The van der Waals surface area contributed by atoms with Gasteiger partial charge in [-0.15, -0.1) is 0 Å². The summed E-state index contributed by atoms with van der Waals surface area (Å²) in [6, 6.07) is -1.63. The minimum Gasteiger partial charge on any atom is -0.480 e. The van der Waals surface area contributed by atoms with Crippen molar-refractivity contribution in [2.75, 3.05) is 19.6 Å². The van der Waals surface area contributed by atoms with Gasteiger partial charge in [-0.2, -0.15) is 0 Å². The number of amides is 1. The van der Waals surface area contributed by atoms with Crippen molar-refractivity contribution in [2.24, 2.45) is 17.4 Å². The Labute approximate surface area is 138 Å². The number of nitrogens with one attached hydrogen (secondary N) is 2. The van der Waals surface area contributed by atoms with E-state index in [1.807, 2.05) is 0 Å². The highest BCUT2D eigenvalue weighted by Gasteiger charge is 2.25. The van der Waals surface area contributed by atoms with Crippen LogP contribution in [0, 0.1) is 5.92 Å². The van der Waals surface area contributed by atoms with Gasteiger partial charge < -0.3 is 32.3 Å². The molecular weight excluding hydrogens is 300 g/mol. The predicted molar refractivity (Wildman–Crippen MR) is 88.8 cm³/mol. The molecule has 0 aliphatic heterocycles. The molecule has 0 aromatic rings. The second kappa shape index (κ2) is 12.2. The van der Waals surface area contributed by atoms with Gasteiger partial charge in [-0.05, 0) is 38.3 Å². The summed E-state index contributed by atoms with van der Waals surface area (Å²) in [7, 11) is 0. The molecule has 0 bridgehead atoms. The molecule has 0 radical (unpaired) electrons. The first-order valence-electron chi connectivity index (χ1n) is 8.17. The Hall–Kier alpha value is -1.22. The van der Waals surface area contributed by atoms with Crippen LogP contribution in [0.1, 0.15) is 39.5 Å². The molecule has 1 amide bonds. The van der Waals surface area contributed by atoms with Crippen LogP contribution in [0.5, 0.6) is 0 Å². The Kier molecular flexibility index (Phi) is 11.6. The van der Waals surface area contributed by atoms with Crippen LogP contribution in [0.2, 0.25) is 0 Å². The summed E-state index contributed by atoms with van der Waals surface area (Å²) in [6.07, 6.45) is 2.19. The first-order chi connectivity index (χ1) is 10.8. The molecule has 0 aliphatic rings. The van der Waals surface area contributed by atoms with E-state index in [0.717, 1.165) is 19.4 Å². The van der Waals surface area contributed by atoms with Gasteiger partial charge in [-0.1, -0.05) is 20.3 Å². The molecule has 136 valence electrons. The van der Waals surface area contributed by atoms with E-state index in [4.69, 9.17) is 16.6 Å². The molecule has 0 spiro atoms. The fraction of sp³-hybridized carbons (Fsp3) is 0.867. The molecule has 3 atom stereocenters. The highest BCUT2D eigenvalue weighted by Crippen LogP contribution is 2.04. The molecule has 0 saturated heterocycles. The van der Waals surface area contributed by atoms with Crippen molar-refractivity contribution >= 4 is 11.9 Å². The molecule has 0 fully saturated rings. The highest BCUT2D eigenvalue weighted by atomic mass is 16.4. The number of hydrogen-bond donors (Lipinski definition) is 6. The Morgan fingerprint density at radius 2 is 1.83 bits per heavy atom. The third-order valence-corrected chi connectivity index (χ3v) is 3.57. The lowest BCUT2D eigenvalue weighted by Gasteiger charge is -2.20. The molecule has 8 heteroatoms. The van der Waals surface area contributed by atoms with Gasteiger partial charge in [0.15, 0.2) is 0 Å². The number of aliphatic hydroxyl groups is 1. The van der Waals surface area contributed by atoms with Gasteiger partial charge in [0.05, 0.1) is 12.1 Å². The van der Waals surface area contributed by atoms with E-state index in [-0.39, 0.29) is 5.92 Å². The largest absolute Gasteiger partial charge is 0.480 e. The fourth-order valence-corrected chi connectivity index (χ4v) is 2.08. The number of aliphatic hydroxyl groups excluding tert-OH is 1. The molecule has 23 heavy (non-hydrogen) atoms. The van der Waals surface area contributed by atoms with Crippen LogP contribution in [0.25, 0.3) is 0 Å². The standard InChI is InChI=1S/C15H32N4O4/c1-10(2)13(15(22)23)19-14(21)12(17)5-3-4-8-18-9-11(20)6-7-16/h10-13,18,20H,3-9,16-17H2,1-2H3,(H,19,21)(H,22,23)/t11-,12+,13+/m1/s1. The van der Waals surface area contributed by atoms with E-state index in [1.54, 1.807) is 13.8 Å². The second-order valence-electron chi connectivity index (χ2n) is 6.11. The lowest BCUT2D eigenvalue weighted by atomic mass is 10.0. The van der Waals surface area contributed by atoms with E-state index in [1.165, 1.54) is 0 Å². The van der Waals surface area contributed by atoms with Crippen molar-refractivity contribution in [3.05, 3.63) is 0 Å². The molecular formula is C15H32N4O4. The van der Waals surface area contributed by atoms with E-state index in [9.17, 15) is 14.7 Å². The summed E-state index contributed by atoms with van der Waals surface area (Å²) in [5, 5.41) is 24.1. The molecule has 0 rings (SSSR count). The third kappa shape index (κ3) is 10.2. The summed E-state index contributed by atoms with van der Waals surface area (Å²) in [5.41, 5.74) is 11.1. The number of hydrogen-bond acceptors (Lipinski definition) is 6. The maximum Gasteiger partial charge on any atom is 0.326 e. The number of nitrogens with two attached hydrogens (primary N) is 2. The summed E-state index contributed by atoms with van der Waals surface area (Å²) >= 11 is 0. The van der Waals surface area contributed by atoms with Gasteiger partial charge >= 0.3 is 5.97 Å². The topological polar surface area (TPSA) is 151 Å². The van der Waals surface area contributed by atoms with E-state index < -0.39 is 30.1 Å². The molecule has 0 unspecified atom stereocenters. The zero-order valence-corrected chi connectivity index (χ0v) is 14.1. The Bertz CT molecular complexity index is 352. The third-order valence-electron chi connectivity index (χ3n) is 3.57. The Morgan fingerprint density at radius 1 is 1.17 bits per heavy atom. The van der Waals surface area contributed by atoms with Gasteiger partial charge in [0.25, 0.3) is 0 Å². The lowest BCUT2D eigenvalue weighted by Crippen LogP contribution is -2.50. The minimum absolute atomic E-state index is 0.201. The normalized spacial score (nSPS) is 15.2. The maximum absolute atomic E-state index is 11.9. The molecule has 8 nitrogen and oxygen atoms in total. The quantitative estimate of drug-likeness (QED) is 0.237. The van der Waals surface area contributed by atoms with Crippen LogP contribution in [-0.2, 0) is 9.59 Å². The number of carboxylic acid groups (broad SMARTS) is 1. The molecule has 0 aliphatic carbocycles. The maximum atomic E-state index is 11.9. The van der Waals surface area contributed by atoms with Crippen LogP contribution >= 0.6 is 0 Å². The Balaban J connectivity index is 3.86. The number of carboxylic acids is 1. The number of carbonyl (C=O) groups excluding carboxylic acids is 1. The fourth-order valence-electron chi connectivity index (χ4n) is 2.08. The van der Waals surface area contributed by atoms with Gasteiger partial charge in [-0.3, -0.25) is 4.79 Å². The van der Waals surface area contributed by atoms with Crippen LogP contribution in [0.3, 0.4) is 0 Å². The number of carbonyl (C=O) groups is 2. The van der Waals surface area contributed by atoms with E-state index in [2.05, 4.69) is 10.6 Å². The molecule has 8 N–H and O–H groups in total. The van der Waals surface area contributed by atoms with Crippen LogP contribution in [0.15, 0.2) is 0 Å². The van der Waals surface area contributed by atoms with Gasteiger partial charge in [0.2, 0.25) is 5.91 Å². The van der Waals surface area contributed by atoms with Crippen molar-refractivity contribution in [2.45, 2.75) is 57.7 Å². The van der Waals surface area contributed by atoms with E-state index >= 15 is 0 Å². The first-order valence-corrected chi connectivity index (χ1v) is 8.17. The summed E-state index contributed by atoms with van der Waals surface area (Å²) in [5.74, 6) is -1.69. The zero-order chi connectivity index (χ0) is 17.8. The Morgan fingerprint density at radius 3 is 2.35 bits per heavy atom. The van der Waals surface area contributed by atoms with Crippen molar-refractivity contribution < 1.29 is 19.8 Å². The van der Waals surface area contributed by atoms with E-state index in [0.29, 0.717) is 25.9 Å². The minimum atomic E-state index is -1.05. The van der Waals surface area contributed by atoms with Crippen molar-refractivity contribution in [1.82, 2.24) is 10.6 Å². The summed E-state index contributed by atoms with van der Waals surface area (Å²) < 4.78 is 0. The summed E-state index contributed by atoms with van der Waals surface area (Å²) in [6.45, 7) is 5.14. The molecule has 0 aromatic heterocycles. The SMILES string of the molecule is CC(C)[C@H](NC(=O)[C@@H](N)CCCCNC[C@H](O)CCN)C(=O)O. The van der Waals surface area contributed by atoms with Crippen molar-refractivity contribution in [1.29, 1.82) is 0 Å². The number of aliphatic carboxylic acids is 1. The molecule has 0 saturated carbocycles. The number of rotatable bonds is 13. The monoisotopic (exact) mass is 332 g/mol. The van der Waals surface area contributed by atoms with Crippen molar-refractivity contribution in [3.63, 3.8) is 0 Å². The molecule has 0 aromatic carbocycles. The highest BCUT2D eigenvalue weighted by molar-refractivity contribution is 5.86. The number of unbranched alkanes of at least 4 members (excludes halogenated alkanes) is 1. The predicted octanol–water partition coefficient (Wildman–Crippen LogP) is -0.991. The smallest absolute Gasteiger partial charge is 0.326 e. The van der Waals surface area contributed by atoms with Crippen LogP contribution in [-0.4, -0.2) is 59.9 Å². The van der Waals surface area contributed by atoms with Gasteiger partial charge in [-0.25, -0.2) is 4.79 Å². The van der Waals surface area contributed by atoms with Crippen LogP contribution < -0.4 is 22.1 Å². The lowest BCUT2D eigenvalue weighted by molar-refractivity contribution is -0.143. The average molecular weight is 332 g/mol. The van der Waals surface area contributed by atoms with Gasteiger partial charge in [0.1, 0.15) is 6.04 Å². The molecule has 0 heterocycles. The summed E-state index contributed by atoms with van der Waals surface area (Å²) in [4.78, 5) is 22.9. The average Bonchev–Trinajstić information content (AvgIpc) is 2.47. The van der Waals surface area contributed by atoms with Gasteiger partial charge in [0, 0.05) is 6.54 Å².